The van der Waals surface area contributed by atoms with Gasteiger partial charge >= 0.3 is 0 Å². The molecular formula is C23H20BrIN2O4. The number of nitrogens with one attached hydrogen (secondary N) is 1. The summed E-state index contributed by atoms with van der Waals surface area (Å²) in [6.07, 6.45) is 1.54. The number of nitrogens with zero attached hydrogens (tertiary/aromatic N) is 1. The van der Waals surface area contributed by atoms with E-state index in [2.05, 4.69) is 49.0 Å². The van der Waals surface area contributed by atoms with Gasteiger partial charge in [-0.25, -0.2) is 5.43 Å². The van der Waals surface area contributed by atoms with Gasteiger partial charge in [-0.15, -0.1) is 0 Å². The molecule has 160 valence electrons. The molecule has 0 fully saturated rings. The zero-order chi connectivity index (χ0) is 22.2. The molecule has 0 saturated heterocycles. The van der Waals surface area contributed by atoms with E-state index < -0.39 is 0 Å². The van der Waals surface area contributed by atoms with Crippen LogP contribution in [0.2, 0.25) is 0 Å². The van der Waals surface area contributed by atoms with Crippen LogP contribution in [0.4, 0.5) is 0 Å². The van der Waals surface area contributed by atoms with Crippen molar-refractivity contribution in [3.05, 3.63) is 85.4 Å². The Kier molecular flexibility index (Phi) is 8.30. The van der Waals surface area contributed by atoms with E-state index in [0.717, 1.165) is 19.2 Å². The van der Waals surface area contributed by atoms with Crippen LogP contribution in [0.25, 0.3) is 0 Å². The summed E-state index contributed by atoms with van der Waals surface area (Å²) in [6, 6.07) is 18.7. The second kappa shape index (κ2) is 11.1. The second-order valence-electron chi connectivity index (χ2n) is 6.35. The summed E-state index contributed by atoms with van der Waals surface area (Å²) in [5.41, 5.74) is 4.76. The van der Waals surface area contributed by atoms with Crippen molar-refractivity contribution in [3.63, 3.8) is 0 Å². The van der Waals surface area contributed by atoms with Crippen molar-refractivity contribution in [2.75, 3.05) is 14.2 Å². The minimum Gasteiger partial charge on any atom is -0.496 e. The van der Waals surface area contributed by atoms with Crippen molar-refractivity contribution in [2.45, 2.75) is 6.61 Å². The van der Waals surface area contributed by atoms with Gasteiger partial charge in [-0.1, -0.05) is 30.3 Å². The van der Waals surface area contributed by atoms with Crippen LogP contribution >= 0.6 is 38.5 Å². The Morgan fingerprint density at radius 2 is 1.77 bits per heavy atom. The minimum atomic E-state index is -0.336. The number of carbonyl (C=O) groups excluding carboxylic acids is 1. The number of benzene rings is 3. The average Bonchev–Trinajstić information content (AvgIpc) is 2.79. The summed E-state index contributed by atoms with van der Waals surface area (Å²) < 4.78 is 18.3. The number of carbonyl (C=O) groups is 1. The Morgan fingerprint density at radius 3 is 2.48 bits per heavy atom. The third-order valence-corrected chi connectivity index (χ3v) is 5.88. The summed E-state index contributed by atoms with van der Waals surface area (Å²) >= 11 is 5.66. The predicted octanol–water partition coefficient (Wildman–Crippen LogP) is 5.41. The van der Waals surface area contributed by atoms with Crippen LogP contribution in [0.3, 0.4) is 0 Å². The summed E-state index contributed by atoms with van der Waals surface area (Å²) in [5, 5.41) is 4.06. The first kappa shape index (κ1) is 23.1. The highest BCUT2D eigenvalue weighted by molar-refractivity contribution is 14.1. The largest absolute Gasteiger partial charge is 0.496 e. The van der Waals surface area contributed by atoms with Crippen LogP contribution in [0.1, 0.15) is 21.5 Å². The molecule has 0 spiro atoms. The van der Waals surface area contributed by atoms with Gasteiger partial charge in [-0.05, 0) is 74.4 Å². The highest BCUT2D eigenvalue weighted by Gasteiger charge is 2.11. The van der Waals surface area contributed by atoms with Crippen molar-refractivity contribution in [1.82, 2.24) is 5.43 Å². The Labute approximate surface area is 202 Å². The molecule has 0 aliphatic carbocycles. The molecule has 3 aromatic carbocycles. The van der Waals surface area contributed by atoms with Crippen LogP contribution in [-0.2, 0) is 6.61 Å². The fourth-order valence-electron chi connectivity index (χ4n) is 2.68. The van der Waals surface area contributed by atoms with Crippen molar-refractivity contribution < 1.29 is 19.0 Å². The first-order valence-electron chi connectivity index (χ1n) is 9.23. The number of hydrogen-bond acceptors (Lipinski definition) is 5. The van der Waals surface area contributed by atoms with Crippen molar-refractivity contribution >= 4 is 50.6 Å². The predicted molar refractivity (Wildman–Crippen MR) is 132 cm³/mol. The van der Waals surface area contributed by atoms with Crippen molar-refractivity contribution in [3.8, 4) is 17.2 Å². The number of ether oxygens (including phenoxy) is 3. The summed E-state index contributed by atoms with van der Waals surface area (Å²) in [7, 11) is 3.14. The molecule has 0 aromatic heterocycles. The van der Waals surface area contributed by atoms with Crippen LogP contribution in [0.5, 0.6) is 17.2 Å². The lowest BCUT2D eigenvalue weighted by Gasteiger charge is -2.12. The number of halogens is 2. The van der Waals surface area contributed by atoms with Crippen LogP contribution in [-0.4, -0.2) is 26.3 Å². The average molecular weight is 595 g/mol. The fraction of sp³-hybridized carbons (Fsp3) is 0.130. The highest BCUT2D eigenvalue weighted by atomic mass is 127. The Hall–Kier alpha value is -2.59. The quantitative estimate of drug-likeness (QED) is 0.215. The van der Waals surface area contributed by atoms with Gasteiger partial charge in [0.25, 0.3) is 5.91 Å². The molecule has 0 heterocycles. The van der Waals surface area contributed by atoms with E-state index in [1.54, 1.807) is 32.4 Å². The van der Waals surface area contributed by atoms with Crippen molar-refractivity contribution in [2.24, 2.45) is 5.10 Å². The third kappa shape index (κ3) is 6.20. The normalized spacial score (nSPS) is 10.7. The lowest BCUT2D eigenvalue weighted by molar-refractivity contribution is 0.0954. The van der Waals surface area contributed by atoms with E-state index in [9.17, 15) is 4.79 Å². The first-order chi connectivity index (χ1) is 15.0. The standard InChI is InChI=1S/C23H20BrIN2O4/c1-29-20-10-16(8-9-19(20)25)23(28)27-26-13-17-11-21(30-2)22(12-18(17)24)31-14-15-6-4-3-5-7-15/h3-13H,14H2,1-2H3,(H,27,28)/b26-13-. The smallest absolute Gasteiger partial charge is 0.271 e. The fourth-order valence-corrected chi connectivity index (χ4v) is 3.66. The van der Waals surface area contributed by atoms with Gasteiger partial charge in [0, 0.05) is 15.6 Å². The maximum atomic E-state index is 12.4. The van der Waals surface area contributed by atoms with Crippen molar-refractivity contribution in [1.29, 1.82) is 0 Å². The molecule has 31 heavy (non-hydrogen) atoms. The molecule has 1 amide bonds. The molecule has 1 N–H and O–H groups in total. The topological polar surface area (TPSA) is 69.2 Å². The number of hydrazone groups is 1. The van der Waals surface area contributed by atoms with Gasteiger partial charge in [0.05, 0.1) is 24.0 Å². The summed E-state index contributed by atoms with van der Waals surface area (Å²) in [4.78, 5) is 12.4. The van der Waals surface area contributed by atoms with Gasteiger partial charge in [-0.3, -0.25) is 4.79 Å². The first-order valence-corrected chi connectivity index (χ1v) is 11.1. The lowest BCUT2D eigenvalue weighted by atomic mass is 10.2. The van der Waals surface area contributed by atoms with Crippen LogP contribution in [0.15, 0.2) is 70.2 Å². The van der Waals surface area contributed by atoms with Gasteiger partial charge in [0.2, 0.25) is 0 Å². The molecule has 6 nitrogen and oxygen atoms in total. The molecule has 0 bridgehead atoms. The molecule has 0 unspecified atom stereocenters. The molecule has 0 saturated carbocycles. The van der Waals surface area contributed by atoms with Gasteiger partial charge in [0.15, 0.2) is 11.5 Å². The van der Waals surface area contributed by atoms with E-state index in [0.29, 0.717) is 29.4 Å². The molecule has 0 radical (unpaired) electrons. The van der Waals surface area contributed by atoms with E-state index in [4.69, 9.17) is 14.2 Å². The van der Waals surface area contributed by atoms with E-state index in [1.807, 2.05) is 42.5 Å². The molecule has 0 aliphatic rings. The zero-order valence-electron chi connectivity index (χ0n) is 16.9. The highest BCUT2D eigenvalue weighted by Crippen LogP contribution is 2.33. The molecule has 0 atom stereocenters. The number of rotatable bonds is 8. The molecule has 0 aliphatic heterocycles. The van der Waals surface area contributed by atoms with Gasteiger partial charge in [0.1, 0.15) is 12.4 Å². The Bertz CT molecular complexity index is 1090. The molecule has 3 rings (SSSR count). The summed E-state index contributed by atoms with van der Waals surface area (Å²) in [6.45, 7) is 0.423. The number of methoxy groups -OCH3 is 2. The number of hydrogen-bond donors (Lipinski definition) is 1. The second-order valence-corrected chi connectivity index (χ2v) is 8.36. The summed E-state index contributed by atoms with van der Waals surface area (Å²) in [5.74, 6) is 1.47. The zero-order valence-corrected chi connectivity index (χ0v) is 20.6. The van der Waals surface area contributed by atoms with Crippen LogP contribution in [0, 0.1) is 3.57 Å². The van der Waals surface area contributed by atoms with E-state index >= 15 is 0 Å². The maximum Gasteiger partial charge on any atom is 0.271 e. The van der Waals surface area contributed by atoms with Gasteiger partial charge in [-0.2, -0.15) is 5.10 Å². The SMILES string of the molecule is COc1cc(C(=O)N/N=C\c2cc(OC)c(OCc3ccccc3)cc2Br)ccc1I. The third-order valence-electron chi connectivity index (χ3n) is 4.30. The minimum absolute atomic E-state index is 0.336. The molecule has 3 aromatic rings. The maximum absolute atomic E-state index is 12.4. The Morgan fingerprint density at radius 1 is 1.03 bits per heavy atom. The Balaban J connectivity index is 1.69. The molecular weight excluding hydrogens is 575 g/mol. The number of amides is 1. The monoisotopic (exact) mass is 594 g/mol. The van der Waals surface area contributed by atoms with E-state index in [1.165, 1.54) is 6.21 Å². The molecule has 8 heteroatoms. The van der Waals surface area contributed by atoms with E-state index in [-0.39, 0.29) is 5.91 Å². The van der Waals surface area contributed by atoms with Gasteiger partial charge < -0.3 is 14.2 Å². The van der Waals surface area contributed by atoms with Crippen LogP contribution < -0.4 is 19.6 Å². The lowest BCUT2D eigenvalue weighted by Crippen LogP contribution is -2.17.